The van der Waals surface area contributed by atoms with E-state index in [1.165, 1.54) is 0 Å². The molecule has 2 atom stereocenters. The zero-order valence-electron chi connectivity index (χ0n) is 8.05. The molecule has 1 aromatic rings. The number of rotatable bonds is 4. The van der Waals surface area contributed by atoms with Crippen molar-refractivity contribution in [2.75, 3.05) is 0 Å². The summed E-state index contributed by atoms with van der Waals surface area (Å²) in [6.45, 7) is 1.88. The number of hydrogen-bond acceptors (Lipinski definition) is 3. The highest BCUT2D eigenvalue weighted by Gasteiger charge is 2.18. The van der Waals surface area contributed by atoms with Gasteiger partial charge >= 0.3 is 5.97 Å². The van der Waals surface area contributed by atoms with Crippen molar-refractivity contribution >= 4 is 5.97 Å². The predicted octanol–water partition coefficient (Wildman–Crippen LogP) is 0.987. The minimum atomic E-state index is -0.875. The second-order valence-electron chi connectivity index (χ2n) is 3.30. The predicted molar refractivity (Wildman–Crippen MR) is 52.9 cm³/mol. The highest BCUT2D eigenvalue weighted by Crippen LogP contribution is 2.16. The Labute approximate surface area is 82.8 Å². The third kappa shape index (κ3) is 2.81. The summed E-state index contributed by atoms with van der Waals surface area (Å²) in [6, 6.07) is 5.15. The van der Waals surface area contributed by atoms with Crippen LogP contribution < -0.4 is 5.73 Å². The number of carboxylic acid groups (broad SMARTS) is 1. The molecule has 0 amide bonds. The van der Waals surface area contributed by atoms with Crippen LogP contribution in [-0.2, 0) is 4.79 Å². The van der Waals surface area contributed by atoms with E-state index in [2.05, 4.69) is 4.98 Å². The first-order valence-corrected chi connectivity index (χ1v) is 4.49. The number of aliphatic carboxylic acids is 1. The molecule has 0 saturated carbocycles. The van der Waals surface area contributed by atoms with Crippen molar-refractivity contribution in [1.29, 1.82) is 0 Å². The smallest absolute Gasteiger partial charge is 0.304 e. The normalized spacial score (nSPS) is 14.7. The number of carbonyl (C=O) groups is 1. The fourth-order valence-electron chi connectivity index (χ4n) is 1.24. The van der Waals surface area contributed by atoms with Crippen LogP contribution in [0.25, 0.3) is 0 Å². The van der Waals surface area contributed by atoms with E-state index in [4.69, 9.17) is 10.8 Å². The Balaban J connectivity index is 2.65. The van der Waals surface area contributed by atoms with Crippen molar-refractivity contribution in [3.05, 3.63) is 30.1 Å². The Hall–Kier alpha value is -1.42. The number of carboxylic acids is 1. The first-order valence-electron chi connectivity index (χ1n) is 4.49. The van der Waals surface area contributed by atoms with Crippen LogP contribution in [0.1, 0.15) is 25.0 Å². The van der Waals surface area contributed by atoms with Gasteiger partial charge in [-0.05, 0) is 12.1 Å². The van der Waals surface area contributed by atoms with Gasteiger partial charge in [0.25, 0.3) is 0 Å². The molecular weight excluding hydrogens is 180 g/mol. The Morgan fingerprint density at radius 3 is 2.86 bits per heavy atom. The number of pyridine rings is 1. The third-order valence-corrected chi connectivity index (χ3v) is 2.21. The molecule has 1 heterocycles. The Kier molecular flexibility index (Phi) is 3.59. The molecule has 76 valence electrons. The van der Waals surface area contributed by atoms with Crippen molar-refractivity contribution in [1.82, 2.24) is 4.98 Å². The van der Waals surface area contributed by atoms with E-state index >= 15 is 0 Å². The standard InChI is InChI=1S/C10H14N2O2/c1-7(8(11)6-10(13)14)9-4-2-3-5-12-9/h2-5,7-8H,6,11H2,1H3,(H,13,14). The average Bonchev–Trinajstić information content (AvgIpc) is 2.17. The van der Waals surface area contributed by atoms with Crippen LogP contribution in [0.3, 0.4) is 0 Å². The van der Waals surface area contributed by atoms with Crippen LogP contribution >= 0.6 is 0 Å². The fourth-order valence-corrected chi connectivity index (χ4v) is 1.24. The van der Waals surface area contributed by atoms with Gasteiger partial charge in [-0.1, -0.05) is 13.0 Å². The number of nitrogens with zero attached hydrogens (tertiary/aromatic N) is 1. The molecule has 4 nitrogen and oxygen atoms in total. The molecule has 4 heteroatoms. The van der Waals surface area contributed by atoms with Crippen LogP contribution in [-0.4, -0.2) is 22.1 Å². The van der Waals surface area contributed by atoms with Gasteiger partial charge in [0.05, 0.1) is 6.42 Å². The monoisotopic (exact) mass is 194 g/mol. The molecule has 0 fully saturated rings. The maximum absolute atomic E-state index is 10.4. The van der Waals surface area contributed by atoms with Gasteiger partial charge in [0.1, 0.15) is 0 Å². The van der Waals surface area contributed by atoms with E-state index in [0.717, 1.165) is 5.69 Å². The minimum absolute atomic E-state index is 0.0300. The average molecular weight is 194 g/mol. The number of hydrogen-bond donors (Lipinski definition) is 2. The van der Waals surface area contributed by atoms with Gasteiger partial charge < -0.3 is 10.8 Å². The van der Waals surface area contributed by atoms with Gasteiger partial charge in [-0.2, -0.15) is 0 Å². The second kappa shape index (κ2) is 4.72. The fraction of sp³-hybridized carbons (Fsp3) is 0.400. The molecule has 0 aliphatic carbocycles. The lowest BCUT2D eigenvalue weighted by Gasteiger charge is -2.17. The van der Waals surface area contributed by atoms with E-state index in [-0.39, 0.29) is 18.4 Å². The molecule has 0 aliphatic heterocycles. The van der Waals surface area contributed by atoms with Crippen LogP contribution in [0.15, 0.2) is 24.4 Å². The summed E-state index contributed by atoms with van der Waals surface area (Å²) < 4.78 is 0. The summed E-state index contributed by atoms with van der Waals surface area (Å²) in [7, 11) is 0. The van der Waals surface area contributed by atoms with E-state index < -0.39 is 5.97 Å². The van der Waals surface area contributed by atoms with E-state index in [1.807, 2.05) is 25.1 Å². The Bertz CT molecular complexity index is 300. The molecule has 14 heavy (non-hydrogen) atoms. The molecule has 2 unspecified atom stereocenters. The first kappa shape index (κ1) is 10.7. The summed E-state index contributed by atoms with van der Waals surface area (Å²) in [5.74, 6) is -0.910. The third-order valence-electron chi connectivity index (χ3n) is 2.21. The largest absolute Gasteiger partial charge is 0.481 e. The lowest BCUT2D eigenvalue weighted by molar-refractivity contribution is -0.137. The van der Waals surface area contributed by atoms with Crippen molar-refractivity contribution in [3.8, 4) is 0 Å². The molecule has 3 N–H and O–H groups in total. The molecule has 0 aliphatic rings. The van der Waals surface area contributed by atoms with Gasteiger partial charge in [0.2, 0.25) is 0 Å². The van der Waals surface area contributed by atoms with E-state index in [9.17, 15) is 4.79 Å². The number of nitrogens with two attached hydrogens (primary N) is 1. The van der Waals surface area contributed by atoms with Crippen LogP contribution in [0.2, 0.25) is 0 Å². The Morgan fingerprint density at radius 1 is 1.64 bits per heavy atom. The van der Waals surface area contributed by atoms with Crippen LogP contribution in [0, 0.1) is 0 Å². The summed E-state index contributed by atoms with van der Waals surface area (Å²) in [4.78, 5) is 14.6. The van der Waals surface area contributed by atoms with Gasteiger partial charge in [0.15, 0.2) is 0 Å². The maximum atomic E-state index is 10.4. The zero-order valence-corrected chi connectivity index (χ0v) is 8.05. The first-order chi connectivity index (χ1) is 6.61. The van der Waals surface area contributed by atoms with Crippen molar-refractivity contribution < 1.29 is 9.90 Å². The SMILES string of the molecule is CC(c1ccccn1)C(N)CC(=O)O. The molecule has 1 aromatic heterocycles. The Morgan fingerprint density at radius 2 is 2.36 bits per heavy atom. The highest BCUT2D eigenvalue weighted by molar-refractivity contribution is 5.67. The highest BCUT2D eigenvalue weighted by atomic mass is 16.4. The molecule has 0 spiro atoms. The lowest BCUT2D eigenvalue weighted by Crippen LogP contribution is -2.29. The molecule has 0 radical (unpaired) electrons. The van der Waals surface area contributed by atoms with E-state index in [1.54, 1.807) is 6.20 Å². The van der Waals surface area contributed by atoms with Gasteiger partial charge in [-0.25, -0.2) is 0 Å². The van der Waals surface area contributed by atoms with Crippen LogP contribution in [0.5, 0.6) is 0 Å². The molecule has 1 rings (SSSR count). The molecule has 0 bridgehead atoms. The summed E-state index contributed by atoms with van der Waals surface area (Å²) in [5.41, 5.74) is 6.56. The van der Waals surface area contributed by atoms with Gasteiger partial charge in [-0.15, -0.1) is 0 Å². The van der Waals surface area contributed by atoms with Crippen molar-refractivity contribution in [3.63, 3.8) is 0 Å². The van der Waals surface area contributed by atoms with E-state index in [0.29, 0.717) is 0 Å². The summed E-state index contributed by atoms with van der Waals surface area (Å²) in [5, 5.41) is 8.58. The zero-order chi connectivity index (χ0) is 10.6. The maximum Gasteiger partial charge on any atom is 0.304 e. The topological polar surface area (TPSA) is 76.2 Å². The molecule has 0 aromatic carbocycles. The van der Waals surface area contributed by atoms with Crippen LogP contribution in [0.4, 0.5) is 0 Å². The lowest BCUT2D eigenvalue weighted by atomic mass is 9.96. The van der Waals surface area contributed by atoms with Crippen molar-refractivity contribution in [2.45, 2.75) is 25.3 Å². The minimum Gasteiger partial charge on any atom is -0.481 e. The number of aromatic nitrogens is 1. The molecule has 0 saturated heterocycles. The summed E-state index contributed by atoms with van der Waals surface area (Å²) in [6.07, 6.45) is 1.65. The summed E-state index contributed by atoms with van der Waals surface area (Å²) >= 11 is 0. The second-order valence-corrected chi connectivity index (χ2v) is 3.30. The van der Waals surface area contributed by atoms with Gasteiger partial charge in [0, 0.05) is 23.9 Å². The van der Waals surface area contributed by atoms with Crippen molar-refractivity contribution in [2.24, 2.45) is 5.73 Å². The molecular formula is C10H14N2O2. The van der Waals surface area contributed by atoms with Gasteiger partial charge in [-0.3, -0.25) is 9.78 Å². The quantitative estimate of drug-likeness (QED) is 0.749.